The summed E-state index contributed by atoms with van der Waals surface area (Å²) in [4.78, 5) is 26.3. The molecule has 5 N–H and O–H groups in total. The number of carboxylic acid groups (broad SMARTS) is 1. The molecule has 0 bridgehead atoms. The number of H-pyrrole nitrogens is 1. The molecule has 0 aliphatic carbocycles. The van der Waals surface area contributed by atoms with Crippen LogP contribution in [0.4, 0.5) is 21.9 Å². The van der Waals surface area contributed by atoms with Gasteiger partial charge < -0.3 is 25.7 Å². The number of aromatic amines is 1. The standard InChI is InChI=1S/C24H21N7O4S/c32-20-9-4-14-11-21(22(33)34)30(13-15(14)10-20)18-7-5-16(6-8-18)25-23(35)26-17-2-1-3-19(12-17)31-24(36)27-28-29-31/h1-10,12,21,32H,11,13H2,(H,33,34)(H2,25,26,35)(H,27,29,36). The number of benzene rings is 3. The average Bonchev–Trinajstić information content (AvgIpc) is 3.29. The molecule has 1 aliphatic heterocycles. The van der Waals surface area contributed by atoms with Crippen LogP contribution in [0.25, 0.3) is 5.69 Å². The van der Waals surface area contributed by atoms with Gasteiger partial charge in [-0.1, -0.05) is 22.4 Å². The van der Waals surface area contributed by atoms with Gasteiger partial charge in [-0.15, -0.1) is 0 Å². The van der Waals surface area contributed by atoms with E-state index in [9.17, 15) is 19.8 Å². The van der Waals surface area contributed by atoms with Crippen LogP contribution >= 0.6 is 12.2 Å². The fraction of sp³-hybridized carbons (Fsp3) is 0.125. The SMILES string of the molecule is O=C(Nc1ccc(N2Cc3cc(O)ccc3CC2C(=O)O)cc1)Nc1cccc(-n2[nH]nnc2=S)c1. The third kappa shape index (κ3) is 4.74. The van der Waals surface area contributed by atoms with Crippen LogP contribution in [-0.2, 0) is 17.8 Å². The summed E-state index contributed by atoms with van der Waals surface area (Å²) in [6.45, 7) is 0.347. The zero-order valence-electron chi connectivity index (χ0n) is 18.8. The summed E-state index contributed by atoms with van der Waals surface area (Å²) in [6.07, 6.45) is 0.326. The highest BCUT2D eigenvalue weighted by molar-refractivity contribution is 7.71. The lowest BCUT2D eigenvalue weighted by Gasteiger charge is -2.36. The number of aromatic nitrogens is 4. The van der Waals surface area contributed by atoms with Gasteiger partial charge in [-0.05, 0) is 77.9 Å². The fourth-order valence-electron chi connectivity index (χ4n) is 4.18. The molecule has 36 heavy (non-hydrogen) atoms. The number of rotatable bonds is 5. The molecule has 2 amide bonds. The molecular weight excluding hydrogens is 482 g/mol. The molecule has 1 aromatic heterocycles. The largest absolute Gasteiger partial charge is 0.508 e. The number of nitrogens with one attached hydrogen (secondary N) is 3. The van der Waals surface area contributed by atoms with Crippen LogP contribution in [0.2, 0.25) is 0 Å². The molecule has 1 aliphatic rings. The molecule has 1 atom stereocenters. The van der Waals surface area contributed by atoms with Crippen LogP contribution in [0.1, 0.15) is 11.1 Å². The zero-order valence-corrected chi connectivity index (χ0v) is 19.6. The Bertz CT molecular complexity index is 1500. The Labute approximate surface area is 210 Å². The molecule has 3 aromatic carbocycles. The van der Waals surface area contributed by atoms with Crippen molar-refractivity contribution in [2.45, 2.75) is 19.0 Å². The maximum Gasteiger partial charge on any atom is 0.326 e. The van der Waals surface area contributed by atoms with Crippen molar-refractivity contribution >= 4 is 41.3 Å². The number of carbonyl (C=O) groups excluding carboxylic acids is 1. The second-order valence-electron chi connectivity index (χ2n) is 8.23. The number of tetrazole rings is 1. The number of anilines is 3. The van der Waals surface area contributed by atoms with Crippen molar-refractivity contribution in [2.24, 2.45) is 0 Å². The highest BCUT2D eigenvalue weighted by Gasteiger charge is 2.31. The maximum absolute atomic E-state index is 12.5. The molecule has 4 aromatic rings. The number of hydrogen-bond donors (Lipinski definition) is 5. The summed E-state index contributed by atoms with van der Waals surface area (Å²) in [6, 6.07) is 17.7. The molecule has 0 saturated carbocycles. The van der Waals surface area contributed by atoms with Crippen LogP contribution in [0.3, 0.4) is 0 Å². The highest BCUT2D eigenvalue weighted by atomic mass is 32.1. The van der Waals surface area contributed by atoms with Crippen molar-refractivity contribution in [3.63, 3.8) is 0 Å². The van der Waals surface area contributed by atoms with Gasteiger partial charge in [0.2, 0.25) is 4.77 Å². The normalized spacial score (nSPS) is 14.7. The molecule has 5 rings (SSSR count). The Morgan fingerprint density at radius 1 is 0.972 bits per heavy atom. The van der Waals surface area contributed by atoms with Gasteiger partial charge in [-0.2, -0.15) is 5.21 Å². The van der Waals surface area contributed by atoms with Gasteiger partial charge in [-0.25, -0.2) is 14.3 Å². The minimum absolute atomic E-state index is 0.142. The maximum atomic E-state index is 12.5. The number of nitrogens with zero attached hydrogens (tertiary/aromatic N) is 4. The first kappa shape index (κ1) is 23.1. The van der Waals surface area contributed by atoms with E-state index in [4.69, 9.17) is 12.2 Å². The number of phenols is 1. The van der Waals surface area contributed by atoms with E-state index in [0.717, 1.165) is 11.1 Å². The third-order valence-electron chi connectivity index (χ3n) is 5.90. The lowest BCUT2D eigenvalue weighted by Crippen LogP contribution is -2.45. The first-order valence-corrected chi connectivity index (χ1v) is 11.4. The van der Waals surface area contributed by atoms with Crippen LogP contribution in [0.5, 0.6) is 5.75 Å². The summed E-state index contributed by atoms with van der Waals surface area (Å²) in [7, 11) is 0. The molecule has 11 nitrogen and oxygen atoms in total. The molecule has 12 heteroatoms. The smallest absolute Gasteiger partial charge is 0.326 e. The Morgan fingerprint density at radius 3 is 2.47 bits per heavy atom. The first-order chi connectivity index (χ1) is 17.4. The second-order valence-corrected chi connectivity index (χ2v) is 8.60. The van der Waals surface area contributed by atoms with Crippen molar-refractivity contribution in [1.82, 2.24) is 20.2 Å². The number of phenolic OH excluding ortho intramolecular Hbond substituents is 1. The van der Waals surface area contributed by atoms with E-state index in [0.29, 0.717) is 35.7 Å². The minimum atomic E-state index is -0.926. The lowest BCUT2D eigenvalue weighted by molar-refractivity contribution is -0.138. The number of amides is 2. The average molecular weight is 504 g/mol. The second kappa shape index (κ2) is 9.50. The summed E-state index contributed by atoms with van der Waals surface area (Å²) >= 11 is 5.10. The van der Waals surface area contributed by atoms with Crippen LogP contribution < -0.4 is 15.5 Å². The molecule has 0 saturated heterocycles. The number of aliphatic carboxylic acids is 1. The molecule has 0 radical (unpaired) electrons. The van der Waals surface area contributed by atoms with E-state index in [1.165, 1.54) is 4.68 Å². The Kier molecular flexibility index (Phi) is 6.09. The van der Waals surface area contributed by atoms with Gasteiger partial charge in [0.25, 0.3) is 0 Å². The van der Waals surface area contributed by atoms with Crippen molar-refractivity contribution in [1.29, 1.82) is 0 Å². The Morgan fingerprint density at radius 2 is 1.75 bits per heavy atom. The zero-order chi connectivity index (χ0) is 25.2. The summed E-state index contributed by atoms with van der Waals surface area (Å²) < 4.78 is 1.76. The van der Waals surface area contributed by atoms with Gasteiger partial charge in [0.05, 0.1) is 5.69 Å². The Hall–Kier alpha value is -4.71. The summed E-state index contributed by atoms with van der Waals surface area (Å²) in [5.41, 5.74) is 4.22. The molecule has 2 heterocycles. The van der Waals surface area contributed by atoms with E-state index in [-0.39, 0.29) is 10.5 Å². The van der Waals surface area contributed by atoms with Crippen molar-refractivity contribution < 1.29 is 19.8 Å². The van der Waals surface area contributed by atoms with Gasteiger partial charge in [0.1, 0.15) is 11.8 Å². The molecule has 1 unspecified atom stereocenters. The molecule has 0 spiro atoms. The third-order valence-corrected chi connectivity index (χ3v) is 6.16. The number of hydrogen-bond acceptors (Lipinski definition) is 7. The van der Waals surface area contributed by atoms with Crippen molar-refractivity contribution in [2.75, 3.05) is 15.5 Å². The topological polar surface area (TPSA) is 148 Å². The van der Waals surface area contributed by atoms with E-state index in [1.807, 2.05) is 0 Å². The molecule has 0 fully saturated rings. The number of aromatic hydroxyl groups is 1. The Balaban J connectivity index is 1.28. The monoisotopic (exact) mass is 503 g/mol. The van der Waals surface area contributed by atoms with E-state index < -0.39 is 18.0 Å². The lowest BCUT2D eigenvalue weighted by atomic mass is 9.93. The minimum Gasteiger partial charge on any atom is -0.508 e. The number of carboxylic acids is 1. The van der Waals surface area contributed by atoms with Gasteiger partial charge in [0, 0.05) is 30.0 Å². The fourth-order valence-corrected chi connectivity index (χ4v) is 4.37. The predicted molar refractivity (Wildman–Crippen MR) is 135 cm³/mol. The van der Waals surface area contributed by atoms with Crippen LogP contribution in [-0.4, -0.2) is 48.5 Å². The van der Waals surface area contributed by atoms with E-state index in [1.54, 1.807) is 71.6 Å². The van der Waals surface area contributed by atoms with Crippen LogP contribution in [0.15, 0.2) is 66.7 Å². The first-order valence-electron chi connectivity index (χ1n) is 11.0. The number of carbonyl (C=O) groups is 2. The van der Waals surface area contributed by atoms with Gasteiger partial charge in [0.15, 0.2) is 0 Å². The van der Waals surface area contributed by atoms with Crippen LogP contribution in [0, 0.1) is 4.77 Å². The molecule has 182 valence electrons. The molecular formula is C24H21N7O4S. The highest BCUT2D eigenvalue weighted by Crippen LogP contribution is 2.31. The van der Waals surface area contributed by atoms with Crippen molar-refractivity contribution in [3.05, 3.63) is 82.6 Å². The summed E-state index contributed by atoms with van der Waals surface area (Å²) in [5.74, 6) is -0.784. The van der Waals surface area contributed by atoms with E-state index >= 15 is 0 Å². The quantitative estimate of drug-likeness (QED) is 0.259. The summed E-state index contributed by atoms with van der Waals surface area (Å²) in [5, 5.41) is 35.2. The number of urea groups is 1. The predicted octanol–water partition coefficient (Wildman–Crippen LogP) is 3.69. The number of fused-ring (bicyclic) bond motifs is 1. The van der Waals surface area contributed by atoms with Gasteiger partial charge in [-0.3, -0.25) is 0 Å². The van der Waals surface area contributed by atoms with E-state index in [2.05, 4.69) is 26.2 Å². The van der Waals surface area contributed by atoms with Crippen molar-refractivity contribution in [3.8, 4) is 11.4 Å². The van der Waals surface area contributed by atoms with Gasteiger partial charge >= 0.3 is 12.0 Å².